The van der Waals surface area contributed by atoms with Crippen molar-refractivity contribution < 1.29 is 4.74 Å². The Kier molecular flexibility index (Phi) is 5.44. The molecule has 0 spiro atoms. The number of rotatable bonds is 5. The number of ether oxygens (including phenoxy) is 1. The molecule has 1 aromatic carbocycles. The maximum Gasteiger partial charge on any atom is 0.126 e. The highest BCUT2D eigenvalue weighted by atomic mass is 16.5. The van der Waals surface area contributed by atoms with Crippen LogP contribution in [0.2, 0.25) is 0 Å². The maximum atomic E-state index is 5.92. The number of nitrogens with zero attached hydrogens (tertiary/aromatic N) is 1. The van der Waals surface area contributed by atoms with E-state index in [2.05, 4.69) is 56.2 Å². The van der Waals surface area contributed by atoms with Gasteiger partial charge in [0, 0.05) is 30.7 Å². The van der Waals surface area contributed by atoms with Gasteiger partial charge in [-0.15, -0.1) is 0 Å². The lowest BCUT2D eigenvalue weighted by atomic mass is 10.00. The fourth-order valence-electron chi connectivity index (χ4n) is 2.65. The number of para-hydroxylation sites is 1. The summed E-state index contributed by atoms with van der Waals surface area (Å²) in [7, 11) is 2.18. The first kappa shape index (κ1) is 15.3. The minimum Gasteiger partial charge on any atom is -0.493 e. The van der Waals surface area contributed by atoms with E-state index in [9.17, 15) is 0 Å². The number of likely N-dealkylation sites (N-methyl/N-ethyl adjacent to an activating group) is 1. The van der Waals surface area contributed by atoms with Crippen molar-refractivity contribution in [2.75, 3.05) is 26.7 Å². The van der Waals surface area contributed by atoms with Gasteiger partial charge in [-0.25, -0.2) is 0 Å². The summed E-state index contributed by atoms with van der Waals surface area (Å²) in [6.45, 7) is 9.54. The fourth-order valence-corrected chi connectivity index (χ4v) is 2.65. The zero-order valence-electron chi connectivity index (χ0n) is 13.3. The largest absolute Gasteiger partial charge is 0.493 e. The first-order valence-corrected chi connectivity index (χ1v) is 7.75. The van der Waals surface area contributed by atoms with Gasteiger partial charge in [-0.05, 0) is 46.2 Å². The first-order chi connectivity index (χ1) is 9.59. The van der Waals surface area contributed by atoms with Gasteiger partial charge in [-0.3, -0.25) is 0 Å². The third kappa shape index (κ3) is 3.74. The number of nitrogens with one attached hydrogen (secondary N) is 1. The van der Waals surface area contributed by atoms with Crippen molar-refractivity contribution >= 4 is 0 Å². The molecule has 1 aliphatic heterocycles. The maximum absolute atomic E-state index is 5.92. The molecule has 112 valence electrons. The minimum absolute atomic E-state index is 0.424. The summed E-state index contributed by atoms with van der Waals surface area (Å²) in [5.41, 5.74) is 2.57. The molecule has 1 aromatic rings. The van der Waals surface area contributed by atoms with Crippen LogP contribution in [0.4, 0.5) is 0 Å². The van der Waals surface area contributed by atoms with Gasteiger partial charge in [0.15, 0.2) is 0 Å². The number of hydrogen-bond acceptors (Lipinski definition) is 3. The van der Waals surface area contributed by atoms with Crippen LogP contribution in [0.5, 0.6) is 5.75 Å². The zero-order valence-corrected chi connectivity index (χ0v) is 13.3. The second-order valence-corrected chi connectivity index (χ2v) is 6.07. The Bertz CT molecular complexity index is 431. The number of aryl methyl sites for hydroxylation is 1. The highest BCUT2D eigenvalue weighted by Gasteiger charge is 2.20. The predicted octanol–water partition coefficient (Wildman–Crippen LogP) is 3.14. The van der Waals surface area contributed by atoms with Crippen LogP contribution >= 0.6 is 0 Å². The lowest BCUT2D eigenvalue weighted by Crippen LogP contribution is -2.35. The van der Waals surface area contributed by atoms with Gasteiger partial charge >= 0.3 is 0 Å². The molecule has 0 bridgehead atoms. The normalized spacial score (nSPS) is 18.8. The second-order valence-electron chi connectivity index (χ2n) is 6.07. The highest BCUT2D eigenvalue weighted by molar-refractivity contribution is 5.43. The van der Waals surface area contributed by atoms with Crippen LogP contribution in [0.1, 0.15) is 43.9 Å². The molecular formula is C17H28N2O. The van der Waals surface area contributed by atoms with Crippen molar-refractivity contribution in [3.63, 3.8) is 0 Å². The number of hydrogen-bond donors (Lipinski definition) is 1. The molecule has 0 aliphatic carbocycles. The van der Waals surface area contributed by atoms with Crippen molar-refractivity contribution in [2.24, 2.45) is 0 Å². The molecule has 0 radical (unpaired) electrons. The molecule has 3 nitrogen and oxygen atoms in total. The quantitative estimate of drug-likeness (QED) is 0.894. The van der Waals surface area contributed by atoms with Crippen molar-refractivity contribution in [3.8, 4) is 5.75 Å². The second kappa shape index (κ2) is 7.09. The van der Waals surface area contributed by atoms with Crippen LogP contribution in [0.25, 0.3) is 0 Å². The predicted molar refractivity (Wildman–Crippen MR) is 84.4 cm³/mol. The SMILES string of the molecule is Cc1cccc2c1OCCCC2NCCN(C)C(C)C. The van der Waals surface area contributed by atoms with Gasteiger partial charge in [-0.2, -0.15) is 0 Å². The molecule has 2 rings (SSSR count). The summed E-state index contributed by atoms with van der Waals surface area (Å²) in [5.74, 6) is 1.10. The van der Waals surface area contributed by atoms with Crippen LogP contribution in [0.15, 0.2) is 18.2 Å². The summed E-state index contributed by atoms with van der Waals surface area (Å²) in [6, 6.07) is 7.50. The van der Waals surface area contributed by atoms with Gasteiger partial charge in [0.1, 0.15) is 5.75 Å². The summed E-state index contributed by atoms with van der Waals surface area (Å²) < 4.78 is 5.92. The van der Waals surface area contributed by atoms with E-state index in [1.165, 1.54) is 11.1 Å². The van der Waals surface area contributed by atoms with Crippen molar-refractivity contribution in [2.45, 2.75) is 45.7 Å². The van der Waals surface area contributed by atoms with Gasteiger partial charge in [0.25, 0.3) is 0 Å². The smallest absolute Gasteiger partial charge is 0.126 e. The molecule has 1 aliphatic rings. The number of benzene rings is 1. The average Bonchev–Trinajstić information content (AvgIpc) is 2.62. The van der Waals surface area contributed by atoms with Gasteiger partial charge in [0.05, 0.1) is 6.61 Å². The van der Waals surface area contributed by atoms with E-state index in [-0.39, 0.29) is 0 Å². The van der Waals surface area contributed by atoms with Crippen molar-refractivity contribution in [3.05, 3.63) is 29.3 Å². The molecule has 0 saturated carbocycles. The Morgan fingerprint density at radius 2 is 2.20 bits per heavy atom. The van der Waals surface area contributed by atoms with E-state index >= 15 is 0 Å². The Morgan fingerprint density at radius 1 is 1.40 bits per heavy atom. The van der Waals surface area contributed by atoms with E-state index in [0.717, 1.165) is 38.3 Å². The molecule has 0 amide bonds. The topological polar surface area (TPSA) is 24.5 Å². The molecule has 20 heavy (non-hydrogen) atoms. The van der Waals surface area contributed by atoms with Crippen molar-refractivity contribution in [1.29, 1.82) is 0 Å². The van der Waals surface area contributed by atoms with E-state index < -0.39 is 0 Å². The number of fused-ring (bicyclic) bond motifs is 1. The molecule has 1 heterocycles. The van der Waals surface area contributed by atoms with Crippen LogP contribution in [0.3, 0.4) is 0 Å². The van der Waals surface area contributed by atoms with Crippen LogP contribution in [-0.4, -0.2) is 37.7 Å². The Morgan fingerprint density at radius 3 is 2.95 bits per heavy atom. The molecular weight excluding hydrogens is 248 g/mol. The standard InChI is InChI=1S/C17H28N2O/c1-13(2)19(4)11-10-18-16-9-6-12-20-17-14(3)7-5-8-15(16)17/h5,7-8,13,16,18H,6,9-12H2,1-4H3. The highest BCUT2D eigenvalue weighted by Crippen LogP contribution is 2.33. The fraction of sp³-hybridized carbons (Fsp3) is 0.647. The summed E-state index contributed by atoms with van der Waals surface area (Å²) in [5, 5.41) is 3.71. The van der Waals surface area contributed by atoms with E-state index in [1.807, 2.05) is 0 Å². The van der Waals surface area contributed by atoms with Crippen LogP contribution < -0.4 is 10.1 Å². The monoisotopic (exact) mass is 276 g/mol. The van der Waals surface area contributed by atoms with Gasteiger partial charge in [0.2, 0.25) is 0 Å². The summed E-state index contributed by atoms with van der Waals surface area (Å²) in [6.07, 6.45) is 2.27. The van der Waals surface area contributed by atoms with E-state index in [1.54, 1.807) is 0 Å². The molecule has 1 atom stereocenters. The summed E-state index contributed by atoms with van der Waals surface area (Å²) >= 11 is 0. The third-order valence-corrected chi connectivity index (χ3v) is 4.24. The van der Waals surface area contributed by atoms with E-state index in [4.69, 9.17) is 4.74 Å². The zero-order chi connectivity index (χ0) is 14.5. The molecule has 0 aromatic heterocycles. The molecule has 0 fully saturated rings. The van der Waals surface area contributed by atoms with Gasteiger partial charge in [-0.1, -0.05) is 18.2 Å². The van der Waals surface area contributed by atoms with E-state index in [0.29, 0.717) is 12.1 Å². The average molecular weight is 276 g/mol. The molecule has 3 heteroatoms. The minimum atomic E-state index is 0.424. The van der Waals surface area contributed by atoms with Crippen molar-refractivity contribution in [1.82, 2.24) is 10.2 Å². The Hall–Kier alpha value is -1.06. The molecule has 1 N–H and O–H groups in total. The first-order valence-electron chi connectivity index (χ1n) is 7.75. The molecule has 1 unspecified atom stereocenters. The Balaban J connectivity index is 2.00. The summed E-state index contributed by atoms with van der Waals surface area (Å²) in [4.78, 5) is 2.37. The molecule has 0 saturated heterocycles. The van der Waals surface area contributed by atoms with Crippen LogP contribution in [0, 0.1) is 6.92 Å². The lowest BCUT2D eigenvalue weighted by molar-refractivity contribution is 0.267. The lowest BCUT2D eigenvalue weighted by Gasteiger charge is -2.24. The Labute approximate surface area is 123 Å². The van der Waals surface area contributed by atoms with Crippen LogP contribution in [-0.2, 0) is 0 Å². The van der Waals surface area contributed by atoms with Gasteiger partial charge < -0.3 is 15.0 Å². The third-order valence-electron chi connectivity index (χ3n) is 4.24.